The maximum atomic E-state index is 13.3. The number of rotatable bonds is 4. The van der Waals surface area contributed by atoms with Crippen LogP contribution in [-0.2, 0) is 16.8 Å². The zero-order chi connectivity index (χ0) is 18.7. The van der Waals surface area contributed by atoms with Crippen LogP contribution in [0.2, 0.25) is 0 Å². The molecule has 3 fully saturated rings. The second-order valence-electron chi connectivity index (χ2n) is 8.49. The number of piperidine rings is 1. The molecule has 1 aromatic carbocycles. The average molecular weight is 392 g/mol. The minimum absolute atomic E-state index is 0.00913. The monoisotopic (exact) mass is 391 g/mol. The molecular formula is C21H33N3O2S. The lowest BCUT2D eigenvalue weighted by Crippen LogP contribution is -2.65. The fraction of sp³-hybridized carbons (Fsp3) is 0.714. The second-order valence-corrected chi connectivity index (χ2v) is 10.4. The van der Waals surface area contributed by atoms with E-state index in [2.05, 4.69) is 35.2 Å². The first-order chi connectivity index (χ1) is 13.1. The standard InChI is InChI=1S/C21H33N3O2S/c25-27(26,23-14-8-3-9-15-23)24-17-16-22(18-20-10-4-1-5-11-20)21(19-24)12-6-2-7-13-21/h1,4-5,10-11H,2-3,6-9,12-19H2. The molecule has 1 saturated carbocycles. The molecule has 0 bridgehead atoms. The van der Waals surface area contributed by atoms with Crippen LogP contribution in [0.1, 0.15) is 56.9 Å². The van der Waals surface area contributed by atoms with Crippen molar-refractivity contribution in [2.75, 3.05) is 32.7 Å². The molecule has 0 aromatic heterocycles. The van der Waals surface area contributed by atoms with Crippen molar-refractivity contribution in [1.29, 1.82) is 0 Å². The van der Waals surface area contributed by atoms with Crippen LogP contribution in [0.15, 0.2) is 30.3 Å². The fourth-order valence-electron chi connectivity index (χ4n) is 5.17. The van der Waals surface area contributed by atoms with Crippen molar-refractivity contribution in [1.82, 2.24) is 13.5 Å². The minimum atomic E-state index is -3.32. The number of benzene rings is 1. The van der Waals surface area contributed by atoms with Gasteiger partial charge in [-0.05, 0) is 31.2 Å². The van der Waals surface area contributed by atoms with Gasteiger partial charge in [-0.1, -0.05) is 56.0 Å². The summed E-state index contributed by atoms with van der Waals surface area (Å²) in [6, 6.07) is 10.6. The summed E-state index contributed by atoms with van der Waals surface area (Å²) < 4.78 is 30.1. The molecule has 0 N–H and O–H groups in total. The lowest BCUT2D eigenvalue weighted by Gasteiger charge is -2.53. The van der Waals surface area contributed by atoms with Crippen LogP contribution in [0.25, 0.3) is 0 Å². The van der Waals surface area contributed by atoms with E-state index in [1.54, 1.807) is 4.31 Å². The van der Waals surface area contributed by atoms with Gasteiger partial charge in [0.15, 0.2) is 0 Å². The fourth-order valence-corrected chi connectivity index (χ4v) is 6.93. The van der Waals surface area contributed by atoms with Gasteiger partial charge in [-0.15, -0.1) is 0 Å². The third-order valence-electron chi connectivity index (χ3n) is 6.73. The van der Waals surface area contributed by atoms with Gasteiger partial charge < -0.3 is 0 Å². The van der Waals surface area contributed by atoms with E-state index >= 15 is 0 Å². The van der Waals surface area contributed by atoms with Crippen molar-refractivity contribution < 1.29 is 8.42 Å². The van der Waals surface area contributed by atoms with Gasteiger partial charge in [-0.25, -0.2) is 0 Å². The van der Waals surface area contributed by atoms with Gasteiger partial charge in [0.2, 0.25) is 0 Å². The number of hydrogen-bond acceptors (Lipinski definition) is 3. The van der Waals surface area contributed by atoms with Crippen LogP contribution < -0.4 is 0 Å². The van der Waals surface area contributed by atoms with Crippen molar-refractivity contribution in [2.45, 2.75) is 63.5 Å². The summed E-state index contributed by atoms with van der Waals surface area (Å²) in [6.45, 7) is 4.44. The van der Waals surface area contributed by atoms with E-state index in [0.29, 0.717) is 26.2 Å². The SMILES string of the molecule is O=S(=O)(N1CCCCC1)N1CCN(Cc2ccccc2)C2(CCCCC2)C1. The smallest absolute Gasteiger partial charge is 0.282 e. The third-order valence-corrected chi connectivity index (χ3v) is 8.71. The van der Waals surface area contributed by atoms with Gasteiger partial charge >= 0.3 is 0 Å². The number of nitrogens with zero attached hydrogens (tertiary/aromatic N) is 3. The maximum absolute atomic E-state index is 13.3. The Morgan fingerprint density at radius 1 is 0.778 bits per heavy atom. The Labute approximate surface area is 164 Å². The van der Waals surface area contributed by atoms with Gasteiger partial charge in [0, 0.05) is 44.8 Å². The third kappa shape index (κ3) is 4.09. The molecule has 1 spiro atoms. The predicted molar refractivity (Wildman–Crippen MR) is 109 cm³/mol. The first-order valence-corrected chi connectivity index (χ1v) is 12.0. The van der Waals surface area contributed by atoms with E-state index in [-0.39, 0.29) is 5.54 Å². The molecule has 0 amide bonds. The Morgan fingerprint density at radius 3 is 2.15 bits per heavy atom. The largest absolute Gasteiger partial charge is 0.291 e. The molecule has 0 atom stereocenters. The summed E-state index contributed by atoms with van der Waals surface area (Å²) in [5.41, 5.74) is 1.34. The highest BCUT2D eigenvalue weighted by atomic mass is 32.2. The van der Waals surface area contributed by atoms with E-state index in [9.17, 15) is 8.42 Å². The van der Waals surface area contributed by atoms with Gasteiger partial charge in [-0.3, -0.25) is 4.90 Å². The zero-order valence-electron chi connectivity index (χ0n) is 16.4. The Balaban J connectivity index is 1.54. The molecule has 6 heteroatoms. The Kier molecular flexibility index (Phi) is 5.88. The first-order valence-electron chi connectivity index (χ1n) is 10.6. The summed E-state index contributed by atoms with van der Waals surface area (Å²) >= 11 is 0. The van der Waals surface area contributed by atoms with Crippen molar-refractivity contribution >= 4 is 10.2 Å². The lowest BCUT2D eigenvalue weighted by atomic mass is 9.79. The molecule has 2 heterocycles. The molecule has 2 saturated heterocycles. The van der Waals surface area contributed by atoms with Gasteiger partial charge in [-0.2, -0.15) is 17.0 Å². The topological polar surface area (TPSA) is 43.9 Å². The van der Waals surface area contributed by atoms with Crippen LogP contribution in [-0.4, -0.2) is 60.2 Å². The van der Waals surface area contributed by atoms with Gasteiger partial charge in [0.05, 0.1) is 0 Å². The van der Waals surface area contributed by atoms with Crippen LogP contribution in [0.3, 0.4) is 0 Å². The maximum Gasteiger partial charge on any atom is 0.282 e. The molecule has 0 radical (unpaired) electrons. The van der Waals surface area contributed by atoms with Crippen LogP contribution >= 0.6 is 0 Å². The second kappa shape index (κ2) is 8.19. The van der Waals surface area contributed by atoms with Crippen LogP contribution in [0.4, 0.5) is 0 Å². The molecule has 1 aliphatic carbocycles. The number of hydrogen-bond donors (Lipinski definition) is 0. The molecular weight excluding hydrogens is 358 g/mol. The average Bonchev–Trinajstić information content (AvgIpc) is 2.72. The molecule has 3 aliphatic rings. The summed E-state index contributed by atoms with van der Waals surface area (Å²) in [5, 5.41) is 0. The van der Waals surface area contributed by atoms with Gasteiger partial charge in [0.25, 0.3) is 10.2 Å². The van der Waals surface area contributed by atoms with E-state index in [0.717, 1.165) is 45.2 Å². The Hall–Kier alpha value is -0.950. The van der Waals surface area contributed by atoms with E-state index in [1.165, 1.54) is 24.8 Å². The quantitative estimate of drug-likeness (QED) is 0.791. The predicted octanol–water partition coefficient (Wildman–Crippen LogP) is 3.24. The summed E-state index contributed by atoms with van der Waals surface area (Å²) in [6.07, 6.45) is 9.08. The van der Waals surface area contributed by atoms with Crippen molar-refractivity contribution in [3.8, 4) is 0 Å². The Bertz CT molecular complexity index is 710. The van der Waals surface area contributed by atoms with Crippen molar-refractivity contribution in [3.63, 3.8) is 0 Å². The molecule has 0 unspecified atom stereocenters. The van der Waals surface area contributed by atoms with Crippen molar-refractivity contribution in [3.05, 3.63) is 35.9 Å². The molecule has 5 nitrogen and oxygen atoms in total. The molecule has 27 heavy (non-hydrogen) atoms. The van der Waals surface area contributed by atoms with E-state index < -0.39 is 10.2 Å². The zero-order valence-corrected chi connectivity index (χ0v) is 17.2. The molecule has 1 aromatic rings. The highest BCUT2D eigenvalue weighted by Gasteiger charge is 2.46. The van der Waals surface area contributed by atoms with Crippen molar-refractivity contribution in [2.24, 2.45) is 0 Å². The Morgan fingerprint density at radius 2 is 1.44 bits per heavy atom. The summed E-state index contributed by atoms with van der Waals surface area (Å²) in [5.74, 6) is 0. The van der Waals surface area contributed by atoms with E-state index in [1.807, 2.05) is 4.31 Å². The number of piperazine rings is 1. The highest BCUT2D eigenvalue weighted by Crippen LogP contribution is 2.38. The van der Waals surface area contributed by atoms with Gasteiger partial charge in [0.1, 0.15) is 0 Å². The summed E-state index contributed by atoms with van der Waals surface area (Å²) in [7, 11) is -3.32. The first kappa shape index (κ1) is 19.4. The normalized spacial score (nSPS) is 25.6. The van der Waals surface area contributed by atoms with Crippen LogP contribution in [0.5, 0.6) is 0 Å². The molecule has 4 rings (SSSR count). The van der Waals surface area contributed by atoms with E-state index in [4.69, 9.17) is 0 Å². The lowest BCUT2D eigenvalue weighted by molar-refractivity contribution is -0.00857. The molecule has 2 aliphatic heterocycles. The molecule has 150 valence electrons. The summed E-state index contributed by atoms with van der Waals surface area (Å²) in [4.78, 5) is 2.59. The minimum Gasteiger partial charge on any atom is -0.291 e. The highest BCUT2D eigenvalue weighted by molar-refractivity contribution is 7.86. The van der Waals surface area contributed by atoms with Crippen LogP contribution in [0, 0.1) is 0 Å².